The van der Waals surface area contributed by atoms with Gasteiger partial charge in [0.2, 0.25) is 0 Å². The highest BCUT2D eigenvalue weighted by Crippen LogP contribution is 2.28. The predicted molar refractivity (Wildman–Crippen MR) is 66.7 cm³/mol. The Morgan fingerprint density at radius 2 is 1.69 bits per heavy atom. The summed E-state index contributed by atoms with van der Waals surface area (Å²) < 4.78 is 0. The third kappa shape index (κ3) is 2.69. The van der Waals surface area contributed by atoms with Crippen molar-refractivity contribution in [3.8, 4) is 0 Å². The van der Waals surface area contributed by atoms with Gasteiger partial charge in [-0.25, -0.2) is 0 Å². The van der Waals surface area contributed by atoms with Crippen molar-refractivity contribution in [1.29, 1.82) is 0 Å². The van der Waals surface area contributed by atoms with Gasteiger partial charge < -0.3 is 0 Å². The van der Waals surface area contributed by atoms with E-state index in [4.69, 9.17) is 0 Å². The van der Waals surface area contributed by atoms with Gasteiger partial charge in [0.1, 0.15) is 0 Å². The summed E-state index contributed by atoms with van der Waals surface area (Å²) in [5, 5.41) is 0. The number of ketones is 1. The molecule has 0 saturated carbocycles. The molecule has 88 valence electrons. The first kappa shape index (κ1) is 12.9. The average molecular weight is 219 g/mol. The summed E-state index contributed by atoms with van der Waals surface area (Å²) in [6, 6.07) is 3.70. The van der Waals surface area contributed by atoms with E-state index in [1.165, 1.54) is 0 Å². The van der Waals surface area contributed by atoms with Crippen molar-refractivity contribution in [2.45, 2.75) is 47.0 Å². The van der Waals surface area contributed by atoms with Crippen molar-refractivity contribution in [3.05, 3.63) is 29.6 Å². The van der Waals surface area contributed by atoms with Gasteiger partial charge in [0, 0.05) is 22.6 Å². The quantitative estimate of drug-likeness (QED) is 0.675. The van der Waals surface area contributed by atoms with Gasteiger partial charge in [-0.3, -0.25) is 9.78 Å². The fourth-order valence-electron chi connectivity index (χ4n) is 1.59. The molecule has 1 heterocycles. The lowest BCUT2D eigenvalue weighted by Crippen LogP contribution is -2.26. The Hall–Kier alpha value is -1.18. The number of rotatable bonds is 1. The molecule has 0 aliphatic heterocycles. The van der Waals surface area contributed by atoms with E-state index in [0.717, 1.165) is 11.3 Å². The molecule has 0 spiro atoms. The zero-order valence-electron chi connectivity index (χ0n) is 11.1. The van der Waals surface area contributed by atoms with E-state index in [-0.39, 0.29) is 16.6 Å². The maximum atomic E-state index is 12.3. The number of carbonyl (C=O) groups excluding carboxylic acids is 1. The fraction of sp³-hybridized carbons (Fsp3) is 0.571. The monoisotopic (exact) mass is 219 g/mol. The van der Waals surface area contributed by atoms with Crippen LogP contribution < -0.4 is 0 Å². The molecule has 0 bridgehead atoms. The highest BCUT2D eigenvalue weighted by atomic mass is 16.1. The molecule has 16 heavy (non-hydrogen) atoms. The zero-order valence-corrected chi connectivity index (χ0v) is 11.1. The molecule has 0 atom stereocenters. The van der Waals surface area contributed by atoms with E-state index in [1.54, 1.807) is 6.20 Å². The molecule has 2 nitrogen and oxygen atoms in total. The van der Waals surface area contributed by atoms with E-state index >= 15 is 0 Å². The van der Waals surface area contributed by atoms with Crippen LogP contribution in [0.1, 0.15) is 57.6 Å². The molecule has 0 fully saturated rings. The third-order valence-corrected chi connectivity index (χ3v) is 2.44. The van der Waals surface area contributed by atoms with Crippen LogP contribution in [0.15, 0.2) is 18.3 Å². The van der Waals surface area contributed by atoms with Gasteiger partial charge in [0.05, 0.1) is 5.69 Å². The molecule has 0 N–H and O–H groups in total. The van der Waals surface area contributed by atoms with Gasteiger partial charge in [-0.1, -0.05) is 41.5 Å². The number of pyridine rings is 1. The number of hydrogen-bond acceptors (Lipinski definition) is 2. The number of aromatic nitrogens is 1. The van der Waals surface area contributed by atoms with E-state index in [2.05, 4.69) is 25.8 Å². The zero-order chi connectivity index (χ0) is 12.6. The molecule has 1 aromatic rings. The Morgan fingerprint density at radius 1 is 1.12 bits per heavy atom. The van der Waals surface area contributed by atoms with Crippen LogP contribution in [0.3, 0.4) is 0 Å². The van der Waals surface area contributed by atoms with Crippen molar-refractivity contribution >= 4 is 5.78 Å². The first-order valence-corrected chi connectivity index (χ1v) is 5.64. The van der Waals surface area contributed by atoms with Crippen molar-refractivity contribution in [1.82, 2.24) is 4.98 Å². The molecule has 0 unspecified atom stereocenters. The molecule has 2 heteroatoms. The van der Waals surface area contributed by atoms with E-state index in [0.29, 0.717) is 0 Å². The van der Waals surface area contributed by atoms with Gasteiger partial charge >= 0.3 is 0 Å². The highest BCUT2D eigenvalue weighted by Gasteiger charge is 2.29. The summed E-state index contributed by atoms with van der Waals surface area (Å²) in [6.07, 6.45) is 1.75. The Kier molecular flexibility index (Phi) is 3.22. The van der Waals surface area contributed by atoms with Crippen LogP contribution in [0.25, 0.3) is 0 Å². The maximum absolute atomic E-state index is 12.3. The van der Waals surface area contributed by atoms with Crippen LogP contribution in [0.4, 0.5) is 0 Å². The van der Waals surface area contributed by atoms with Gasteiger partial charge in [0.15, 0.2) is 5.78 Å². The summed E-state index contributed by atoms with van der Waals surface area (Å²) in [4.78, 5) is 16.7. The standard InChI is InChI=1S/C14H21NO/c1-13(2,3)11-10(8-7-9-15-11)12(16)14(4,5)6/h7-9H,1-6H3. The molecular weight excluding hydrogens is 198 g/mol. The Balaban J connectivity index is 3.31. The van der Waals surface area contributed by atoms with Crippen molar-refractivity contribution < 1.29 is 4.79 Å². The molecule has 0 aromatic carbocycles. The van der Waals surface area contributed by atoms with E-state index in [1.807, 2.05) is 32.9 Å². The second kappa shape index (κ2) is 4.00. The molecule has 1 rings (SSSR count). The summed E-state index contributed by atoms with van der Waals surface area (Å²) in [5.41, 5.74) is 1.18. The second-order valence-electron chi connectivity index (χ2n) is 6.23. The molecule has 0 amide bonds. The van der Waals surface area contributed by atoms with Gasteiger partial charge in [-0.05, 0) is 12.1 Å². The summed E-state index contributed by atoms with van der Waals surface area (Å²) in [7, 11) is 0. The predicted octanol–water partition coefficient (Wildman–Crippen LogP) is 3.61. The molecule has 0 saturated heterocycles. The summed E-state index contributed by atoms with van der Waals surface area (Å²) in [6.45, 7) is 12.1. The van der Waals surface area contributed by atoms with Crippen LogP contribution >= 0.6 is 0 Å². The molecule has 0 radical (unpaired) electrons. The van der Waals surface area contributed by atoms with Gasteiger partial charge in [0.25, 0.3) is 0 Å². The number of Topliss-reactive ketones (excluding diaryl/α,β-unsaturated/α-hetero) is 1. The summed E-state index contributed by atoms with van der Waals surface area (Å²) >= 11 is 0. The minimum Gasteiger partial charge on any atom is -0.294 e. The Labute approximate surface area is 98.1 Å². The minimum atomic E-state index is -0.358. The van der Waals surface area contributed by atoms with E-state index < -0.39 is 0 Å². The molecule has 0 aliphatic carbocycles. The maximum Gasteiger partial charge on any atom is 0.170 e. The number of carbonyl (C=O) groups is 1. The van der Waals surface area contributed by atoms with Crippen LogP contribution in [-0.4, -0.2) is 10.8 Å². The highest BCUT2D eigenvalue weighted by molar-refractivity contribution is 6.00. The lowest BCUT2D eigenvalue weighted by Gasteiger charge is -2.24. The first-order valence-electron chi connectivity index (χ1n) is 5.64. The topological polar surface area (TPSA) is 30.0 Å². The molecular formula is C14H21NO. The SMILES string of the molecule is CC(C)(C)C(=O)c1cccnc1C(C)(C)C. The fourth-order valence-corrected chi connectivity index (χ4v) is 1.59. The minimum absolute atomic E-state index is 0.0997. The van der Waals surface area contributed by atoms with Crippen LogP contribution in [0.5, 0.6) is 0 Å². The van der Waals surface area contributed by atoms with E-state index in [9.17, 15) is 4.79 Å². The third-order valence-electron chi connectivity index (χ3n) is 2.44. The number of nitrogens with zero attached hydrogens (tertiary/aromatic N) is 1. The van der Waals surface area contributed by atoms with Gasteiger partial charge in [-0.2, -0.15) is 0 Å². The van der Waals surface area contributed by atoms with Crippen molar-refractivity contribution in [2.75, 3.05) is 0 Å². The Morgan fingerprint density at radius 3 is 2.12 bits per heavy atom. The first-order chi connectivity index (χ1) is 7.14. The summed E-state index contributed by atoms with van der Waals surface area (Å²) in [5.74, 6) is 0.158. The van der Waals surface area contributed by atoms with Crippen molar-refractivity contribution in [3.63, 3.8) is 0 Å². The average Bonchev–Trinajstić information content (AvgIpc) is 2.14. The second-order valence-corrected chi connectivity index (χ2v) is 6.23. The largest absolute Gasteiger partial charge is 0.294 e. The van der Waals surface area contributed by atoms with Crippen LogP contribution in [-0.2, 0) is 5.41 Å². The normalized spacial score (nSPS) is 12.6. The van der Waals surface area contributed by atoms with Gasteiger partial charge in [-0.15, -0.1) is 0 Å². The number of hydrogen-bond donors (Lipinski definition) is 0. The smallest absolute Gasteiger partial charge is 0.170 e. The molecule has 1 aromatic heterocycles. The van der Waals surface area contributed by atoms with Crippen LogP contribution in [0, 0.1) is 5.41 Å². The Bertz CT molecular complexity index is 394. The molecule has 0 aliphatic rings. The lowest BCUT2D eigenvalue weighted by molar-refractivity contribution is 0.0855. The lowest BCUT2D eigenvalue weighted by atomic mass is 9.80. The van der Waals surface area contributed by atoms with Crippen molar-refractivity contribution in [2.24, 2.45) is 5.41 Å². The van der Waals surface area contributed by atoms with Crippen LogP contribution in [0.2, 0.25) is 0 Å².